The van der Waals surface area contributed by atoms with Crippen LogP contribution in [-0.4, -0.2) is 20.9 Å². The van der Waals surface area contributed by atoms with E-state index >= 15 is 0 Å². The number of nitrogens with one attached hydrogen (secondary N) is 2. The van der Waals surface area contributed by atoms with Crippen LogP contribution in [0.5, 0.6) is 0 Å². The van der Waals surface area contributed by atoms with Gasteiger partial charge < -0.3 is 10.3 Å². The molecule has 2 N–H and O–H groups in total. The van der Waals surface area contributed by atoms with Gasteiger partial charge in [0.15, 0.2) is 4.47 Å². The lowest BCUT2D eigenvalue weighted by Crippen LogP contribution is -2.33. The summed E-state index contributed by atoms with van der Waals surface area (Å²) in [5.74, 6) is 0.888. The van der Waals surface area contributed by atoms with Crippen molar-refractivity contribution in [2.75, 3.05) is 0 Å². The van der Waals surface area contributed by atoms with Crippen molar-refractivity contribution in [1.82, 2.24) is 20.3 Å². The summed E-state index contributed by atoms with van der Waals surface area (Å²) in [6.07, 6.45) is 0. The number of hydrogen-bond acceptors (Lipinski definition) is 4. The van der Waals surface area contributed by atoms with Gasteiger partial charge >= 0.3 is 0 Å². The van der Waals surface area contributed by atoms with Gasteiger partial charge in [0.25, 0.3) is 5.91 Å². The number of halogens is 1. The van der Waals surface area contributed by atoms with Crippen LogP contribution in [0.4, 0.5) is 0 Å². The molecule has 0 aliphatic heterocycles. The van der Waals surface area contributed by atoms with Crippen LogP contribution in [0.3, 0.4) is 0 Å². The first kappa shape index (κ1) is 17.9. The molecule has 0 spiro atoms. The van der Waals surface area contributed by atoms with E-state index in [1.165, 1.54) is 11.3 Å². The fraction of sp³-hybridized carbons (Fsp3) is 0.389. The number of amides is 1. The zero-order valence-electron chi connectivity index (χ0n) is 14.6. The normalized spacial score (nSPS) is 12.9. The van der Waals surface area contributed by atoms with Crippen LogP contribution in [0.2, 0.25) is 4.47 Å². The molecular formula is C18H21ClN4OS. The molecule has 3 rings (SSSR count). The molecule has 1 aromatic carbocycles. The molecule has 0 aliphatic carbocycles. The predicted octanol–water partition coefficient (Wildman–Crippen LogP) is 4.92. The number of rotatable bonds is 5. The summed E-state index contributed by atoms with van der Waals surface area (Å²) in [4.78, 5) is 25.9. The van der Waals surface area contributed by atoms with Gasteiger partial charge in [0, 0.05) is 4.88 Å². The van der Waals surface area contributed by atoms with Gasteiger partial charge in [0.1, 0.15) is 11.5 Å². The van der Waals surface area contributed by atoms with Crippen molar-refractivity contribution in [2.45, 2.75) is 39.7 Å². The molecule has 1 atom stereocenters. The Morgan fingerprint density at radius 3 is 2.56 bits per heavy atom. The molecule has 132 valence electrons. The molecule has 1 unspecified atom stereocenters. The number of para-hydroxylation sites is 2. The number of hydrogen-bond donors (Lipinski definition) is 2. The van der Waals surface area contributed by atoms with E-state index in [4.69, 9.17) is 11.6 Å². The zero-order chi connectivity index (χ0) is 18.1. The SMILES string of the molecule is CC(C)c1sc(Cl)nc1C(=O)NC(c1nc2ccccc2[nH]1)C(C)C. The molecule has 0 saturated heterocycles. The summed E-state index contributed by atoms with van der Waals surface area (Å²) in [5, 5.41) is 3.07. The van der Waals surface area contributed by atoms with Crippen LogP contribution in [0.1, 0.15) is 60.8 Å². The minimum Gasteiger partial charge on any atom is -0.340 e. The number of aromatic amines is 1. The molecule has 0 saturated carbocycles. The summed E-state index contributed by atoms with van der Waals surface area (Å²) < 4.78 is 0.388. The Balaban J connectivity index is 1.91. The number of fused-ring (bicyclic) bond motifs is 1. The fourth-order valence-electron chi connectivity index (χ4n) is 2.74. The van der Waals surface area contributed by atoms with Crippen molar-refractivity contribution < 1.29 is 4.79 Å². The third-order valence-corrected chi connectivity index (χ3v) is 5.48. The highest BCUT2D eigenvalue weighted by Gasteiger charge is 2.26. The predicted molar refractivity (Wildman–Crippen MR) is 102 cm³/mol. The summed E-state index contributed by atoms with van der Waals surface area (Å²) in [6.45, 7) is 8.16. The highest BCUT2D eigenvalue weighted by Crippen LogP contribution is 2.30. The first-order valence-corrected chi connectivity index (χ1v) is 9.48. The number of imidazole rings is 1. The lowest BCUT2D eigenvalue weighted by atomic mass is 10.0. The number of carbonyl (C=O) groups excluding carboxylic acids is 1. The molecule has 0 bridgehead atoms. The summed E-state index contributed by atoms with van der Waals surface area (Å²) >= 11 is 7.39. The lowest BCUT2D eigenvalue weighted by molar-refractivity contribution is 0.0917. The number of nitrogens with zero attached hydrogens (tertiary/aromatic N) is 2. The second-order valence-electron chi connectivity index (χ2n) is 6.67. The van der Waals surface area contributed by atoms with Crippen LogP contribution in [0.25, 0.3) is 11.0 Å². The first-order chi connectivity index (χ1) is 11.9. The molecule has 2 aromatic heterocycles. The van der Waals surface area contributed by atoms with Crippen LogP contribution < -0.4 is 5.32 Å². The Labute approximate surface area is 155 Å². The van der Waals surface area contributed by atoms with Crippen LogP contribution in [0.15, 0.2) is 24.3 Å². The Hall–Kier alpha value is -1.92. The van der Waals surface area contributed by atoms with E-state index < -0.39 is 0 Å². The van der Waals surface area contributed by atoms with Gasteiger partial charge in [-0.05, 0) is 24.0 Å². The zero-order valence-corrected chi connectivity index (χ0v) is 16.2. The maximum atomic E-state index is 12.8. The lowest BCUT2D eigenvalue weighted by Gasteiger charge is -2.20. The van der Waals surface area contributed by atoms with Gasteiger partial charge in [0.05, 0.1) is 17.1 Å². The highest BCUT2D eigenvalue weighted by atomic mass is 35.5. The largest absolute Gasteiger partial charge is 0.340 e. The molecule has 3 aromatic rings. The fourth-order valence-corrected chi connectivity index (χ4v) is 3.86. The van der Waals surface area contributed by atoms with E-state index in [1.807, 2.05) is 38.1 Å². The highest BCUT2D eigenvalue weighted by molar-refractivity contribution is 7.16. The number of thiazole rings is 1. The smallest absolute Gasteiger partial charge is 0.271 e. The molecule has 1 amide bonds. The third kappa shape index (κ3) is 3.70. The third-order valence-electron chi connectivity index (χ3n) is 4.02. The molecule has 5 nitrogen and oxygen atoms in total. The van der Waals surface area contributed by atoms with E-state index in [0.717, 1.165) is 21.7 Å². The second-order valence-corrected chi connectivity index (χ2v) is 8.28. The van der Waals surface area contributed by atoms with E-state index in [1.54, 1.807) is 0 Å². The maximum absolute atomic E-state index is 12.8. The van der Waals surface area contributed by atoms with Crippen molar-refractivity contribution >= 4 is 39.9 Å². The van der Waals surface area contributed by atoms with Gasteiger partial charge in [-0.25, -0.2) is 9.97 Å². The molecule has 25 heavy (non-hydrogen) atoms. The first-order valence-electron chi connectivity index (χ1n) is 8.28. The Morgan fingerprint density at radius 1 is 1.20 bits per heavy atom. The average Bonchev–Trinajstić information content (AvgIpc) is 3.15. The van der Waals surface area contributed by atoms with Crippen molar-refractivity contribution in [3.8, 4) is 0 Å². The van der Waals surface area contributed by atoms with Crippen molar-refractivity contribution in [3.05, 3.63) is 45.1 Å². The van der Waals surface area contributed by atoms with Gasteiger partial charge in [-0.2, -0.15) is 0 Å². The van der Waals surface area contributed by atoms with E-state index in [9.17, 15) is 4.79 Å². The van der Waals surface area contributed by atoms with Gasteiger partial charge in [-0.3, -0.25) is 4.79 Å². The van der Waals surface area contributed by atoms with E-state index in [-0.39, 0.29) is 23.8 Å². The van der Waals surface area contributed by atoms with Crippen LogP contribution in [0, 0.1) is 5.92 Å². The minimum atomic E-state index is -0.236. The quantitative estimate of drug-likeness (QED) is 0.663. The monoisotopic (exact) mass is 376 g/mol. The number of aromatic nitrogens is 3. The molecule has 2 heterocycles. The van der Waals surface area contributed by atoms with Gasteiger partial charge in [-0.1, -0.05) is 51.4 Å². The molecule has 7 heteroatoms. The summed E-state index contributed by atoms with van der Waals surface area (Å²) in [5.41, 5.74) is 2.25. The summed E-state index contributed by atoms with van der Waals surface area (Å²) in [6, 6.07) is 7.59. The maximum Gasteiger partial charge on any atom is 0.271 e. The Bertz CT molecular complexity index is 867. The second kappa shape index (κ2) is 7.14. The van der Waals surface area contributed by atoms with E-state index in [2.05, 4.69) is 34.1 Å². The summed E-state index contributed by atoms with van der Waals surface area (Å²) in [7, 11) is 0. The molecule has 0 aliphatic rings. The molecule has 0 radical (unpaired) electrons. The molecule has 0 fully saturated rings. The van der Waals surface area contributed by atoms with Crippen LogP contribution in [-0.2, 0) is 0 Å². The van der Waals surface area contributed by atoms with E-state index in [0.29, 0.717) is 10.2 Å². The van der Waals surface area contributed by atoms with Crippen molar-refractivity contribution in [1.29, 1.82) is 0 Å². The van der Waals surface area contributed by atoms with Crippen LogP contribution >= 0.6 is 22.9 Å². The van der Waals surface area contributed by atoms with Gasteiger partial charge in [-0.15, -0.1) is 11.3 Å². The average molecular weight is 377 g/mol. The number of H-pyrrole nitrogens is 1. The van der Waals surface area contributed by atoms with Gasteiger partial charge in [0.2, 0.25) is 0 Å². The standard InChI is InChI=1S/C18H21ClN4OS/c1-9(2)13(16-20-11-7-5-6-8-12(11)21-16)22-17(24)14-15(10(3)4)25-18(19)23-14/h5-10,13H,1-4H3,(H,20,21)(H,22,24). The Morgan fingerprint density at radius 2 is 1.92 bits per heavy atom. The Kier molecular flexibility index (Phi) is 5.11. The topological polar surface area (TPSA) is 70.7 Å². The van der Waals surface area contributed by atoms with Crippen molar-refractivity contribution in [2.24, 2.45) is 5.92 Å². The van der Waals surface area contributed by atoms with Crippen molar-refractivity contribution in [3.63, 3.8) is 0 Å². The number of benzene rings is 1. The minimum absolute atomic E-state index is 0.168. The number of carbonyl (C=O) groups is 1. The molecular weight excluding hydrogens is 356 g/mol.